The van der Waals surface area contributed by atoms with Crippen molar-refractivity contribution in [3.05, 3.63) is 0 Å². The lowest BCUT2D eigenvalue weighted by atomic mass is 10.0. The van der Waals surface area contributed by atoms with Crippen molar-refractivity contribution in [3.63, 3.8) is 0 Å². The zero-order valence-electron chi connectivity index (χ0n) is 19.6. The molecule has 0 aliphatic rings. The Balaban J connectivity index is 4.76. The summed E-state index contributed by atoms with van der Waals surface area (Å²) in [5.41, 5.74) is 0. The van der Waals surface area contributed by atoms with Crippen LogP contribution in [0, 0.1) is 0 Å². The largest absolute Gasteiger partial charge is 0.481 e. The highest BCUT2D eigenvalue weighted by Gasteiger charge is 2.35. The second-order valence-corrected chi connectivity index (χ2v) is 8.35. The predicted octanol–water partition coefficient (Wildman–Crippen LogP) is 5.55. The van der Waals surface area contributed by atoms with Gasteiger partial charge in [-0.3, -0.25) is 19.3 Å². The molecule has 0 saturated carbocycles. The average Bonchev–Trinajstić information content (AvgIpc) is 2.71. The summed E-state index contributed by atoms with van der Waals surface area (Å²) in [5.74, 6) is -3.95. The van der Waals surface area contributed by atoms with Crippen molar-refractivity contribution >= 4 is 23.8 Å². The van der Waals surface area contributed by atoms with Crippen LogP contribution >= 0.6 is 0 Å². The molecule has 0 aliphatic carbocycles. The Kier molecular flexibility index (Phi) is 17.7. The van der Waals surface area contributed by atoms with Crippen LogP contribution in [-0.2, 0) is 19.2 Å². The quantitative estimate of drug-likeness (QED) is 0.240. The van der Waals surface area contributed by atoms with E-state index in [1.165, 1.54) is 12.8 Å². The number of carboxylic acids is 2. The van der Waals surface area contributed by atoms with Crippen molar-refractivity contribution in [2.75, 3.05) is 0 Å². The minimum Gasteiger partial charge on any atom is -0.481 e. The van der Waals surface area contributed by atoms with Crippen LogP contribution in [-0.4, -0.2) is 44.9 Å². The van der Waals surface area contributed by atoms with Gasteiger partial charge in [-0.05, 0) is 12.8 Å². The maximum Gasteiger partial charge on any atom is 0.327 e. The number of carboxylic acid groups (broad SMARTS) is 2. The fourth-order valence-corrected chi connectivity index (χ4v) is 3.65. The van der Waals surface area contributed by atoms with Gasteiger partial charge in [-0.25, -0.2) is 4.79 Å². The summed E-state index contributed by atoms with van der Waals surface area (Å²) in [6.45, 7) is 4.29. The standard InChI is InChI=1S/C24H43NO6/c1-3-5-7-9-11-13-15-17-21(26)25(20(24(30)31)19-23(28)29)22(27)18-16-14-12-10-8-6-4-2/h20H,3-19H2,1-2H3,(H,28,29)(H,30,31)/t20-/m0/s1. The van der Waals surface area contributed by atoms with E-state index < -0.39 is 36.2 Å². The molecule has 0 unspecified atom stereocenters. The SMILES string of the molecule is CCCCCCCCCC(=O)N(C(=O)CCCCCCCCC)[C@@H](CC(=O)O)C(=O)O. The van der Waals surface area contributed by atoms with Crippen LogP contribution in [0.3, 0.4) is 0 Å². The molecule has 1 atom stereocenters. The van der Waals surface area contributed by atoms with E-state index in [2.05, 4.69) is 13.8 Å². The van der Waals surface area contributed by atoms with Crippen LogP contribution in [0.4, 0.5) is 0 Å². The molecule has 0 aliphatic heterocycles. The zero-order chi connectivity index (χ0) is 23.5. The first-order valence-electron chi connectivity index (χ1n) is 12.1. The third-order valence-electron chi connectivity index (χ3n) is 5.49. The van der Waals surface area contributed by atoms with Gasteiger partial charge in [0, 0.05) is 12.8 Å². The fourth-order valence-electron chi connectivity index (χ4n) is 3.65. The summed E-state index contributed by atoms with van der Waals surface area (Å²) in [6.07, 6.45) is 13.4. The number of imide groups is 1. The van der Waals surface area contributed by atoms with E-state index in [0.717, 1.165) is 64.2 Å². The number of amides is 2. The minimum atomic E-state index is -1.65. The first-order valence-corrected chi connectivity index (χ1v) is 12.1. The summed E-state index contributed by atoms with van der Waals surface area (Å²) in [7, 11) is 0. The number of nitrogens with zero attached hydrogens (tertiary/aromatic N) is 1. The van der Waals surface area contributed by atoms with Gasteiger partial charge in [0.2, 0.25) is 11.8 Å². The maximum absolute atomic E-state index is 12.7. The average molecular weight is 442 g/mol. The fraction of sp³-hybridized carbons (Fsp3) is 0.833. The Morgan fingerprint density at radius 2 is 0.968 bits per heavy atom. The van der Waals surface area contributed by atoms with Gasteiger partial charge in [0.1, 0.15) is 6.04 Å². The molecule has 0 spiro atoms. The second kappa shape index (κ2) is 18.8. The highest BCUT2D eigenvalue weighted by molar-refractivity contribution is 6.00. The highest BCUT2D eigenvalue weighted by atomic mass is 16.4. The van der Waals surface area contributed by atoms with Gasteiger partial charge in [-0.1, -0.05) is 90.9 Å². The van der Waals surface area contributed by atoms with Crippen molar-refractivity contribution in [2.24, 2.45) is 0 Å². The van der Waals surface area contributed by atoms with Crippen LogP contribution in [0.15, 0.2) is 0 Å². The Labute approximate surface area is 187 Å². The number of carbonyl (C=O) groups excluding carboxylic acids is 2. The molecule has 2 N–H and O–H groups in total. The van der Waals surface area contributed by atoms with Gasteiger partial charge in [-0.2, -0.15) is 0 Å². The normalized spacial score (nSPS) is 11.8. The smallest absolute Gasteiger partial charge is 0.327 e. The lowest BCUT2D eigenvalue weighted by Gasteiger charge is -2.26. The molecular formula is C24H43NO6. The van der Waals surface area contributed by atoms with E-state index >= 15 is 0 Å². The molecule has 0 rings (SSSR count). The Morgan fingerprint density at radius 1 is 0.613 bits per heavy atom. The van der Waals surface area contributed by atoms with Crippen LogP contribution in [0.2, 0.25) is 0 Å². The Bertz CT molecular complexity index is 504. The summed E-state index contributed by atoms with van der Waals surface area (Å²) >= 11 is 0. The summed E-state index contributed by atoms with van der Waals surface area (Å²) in [5, 5.41) is 18.5. The topological polar surface area (TPSA) is 112 Å². The van der Waals surface area contributed by atoms with Crippen LogP contribution in [0.5, 0.6) is 0 Å². The third kappa shape index (κ3) is 14.7. The first-order chi connectivity index (χ1) is 14.8. The zero-order valence-corrected chi connectivity index (χ0v) is 19.6. The van der Waals surface area contributed by atoms with Gasteiger partial charge < -0.3 is 10.2 Å². The van der Waals surface area contributed by atoms with Gasteiger partial charge in [-0.15, -0.1) is 0 Å². The molecule has 0 heterocycles. The molecule has 180 valence electrons. The molecule has 0 aromatic heterocycles. The Hall–Kier alpha value is -1.92. The summed E-state index contributed by atoms with van der Waals surface area (Å²) in [6, 6.07) is -1.65. The maximum atomic E-state index is 12.7. The van der Waals surface area contributed by atoms with E-state index in [1.807, 2.05) is 0 Å². The molecule has 0 fully saturated rings. The van der Waals surface area contributed by atoms with Crippen molar-refractivity contribution in [3.8, 4) is 0 Å². The van der Waals surface area contributed by atoms with E-state index in [-0.39, 0.29) is 12.8 Å². The number of aliphatic carboxylic acids is 2. The van der Waals surface area contributed by atoms with Crippen molar-refractivity contribution < 1.29 is 29.4 Å². The summed E-state index contributed by atoms with van der Waals surface area (Å²) < 4.78 is 0. The van der Waals surface area contributed by atoms with Crippen LogP contribution < -0.4 is 0 Å². The molecule has 0 bridgehead atoms. The molecule has 2 amide bonds. The van der Waals surface area contributed by atoms with Gasteiger partial charge in [0.25, 0.3) is 0 Å². The van der Waals surface area contributed by atoms with E-state index in [9.17, 15) is 24.3 Å². The molecule has 31 heavy (non-hydrogen) atoms. The van der Waals surface area contributed by atoms with Crippen LogP contribution in [0.1, 0.15) is 123 Å². The lowest BCUT2D eigenvalue weighted by Crippen LogP contribution is -2.49. The third-order valence-corrected chi connectivity index (χ3v) is 5.49. The van der Waals surface area contributed by atoms with Crippen molar-refractivity contribution in [1.29, 1.82) is 0 Å². The lowest BCUT2D eigenvalue weighted by molar-refractivity contribution is -0.160. The number of hydrogen-bond acceptors (Lipinski definition) is 4. The molecular weight excluding hydrogens is 398 g/mol. The molecule has 0 saturated heterocycles. The number of carbonyl (C=O) groups is 4. The van der Waals surface area contributed by atoms with Gasteiger partial charge in [0.05, 0.1) is 6.42 Å². The van der Waals surface area contributed by atoms with Crippen molar-refractivity contribution in [1.82, 2.24) is 4.90 Å². The monoisotopic (exact) mass is 441 g/mol. The molecule has 0 radical (unpaired) electrons. The number of rotatable bonds is 20. The van der Waals surface area contributed by atoms with Crippen LogP contribution in [0.25, 0.3) is 0 Å². The van der Waals surface area contributed by atoms with E-state index in [4.69, 9.17) is 5.11 Å². The second-order valence-electron chi connectivity index (χ2n) is 8.35. The number of unbranched alkanes of at least 4 members (excludes halogenated alkanes) is 12. The first kappa shape index (κ1) is 29.1. The molecule has 7 nitrogen and oxygen atoms in total. The van der Waals surface area contributed by atoms with Crippen molar-refractivity contribution in [2.45, 2.75) is 129 Å². The molecule has 0 aromatic rings. The summed E-state index contributed by atoms with van der Waals surface area (Å²) in [4.78, 5) is 48.9. The Morgan fingerprint density at radius 3 is 1.29 bits per heavy atom. The van der Waals surface area contributed by atoms with Gasteiger partial charge >= 0.3 is 11.9 Å². The van der Waals surface area contributed by atoms with E-state index in [0.29, 0.717) is 17.7 Å². The molecule has 0 aromatic carbocycles. The number of hydrogen-bond donors (Lipinski definition) is 2. The van der Waals surface area contributed by atoms with Gasteiger partial charge in [0.15, 0.2) is 0 Å². The highest BCUT2D eigenvalue weighted by Crippen LogP contribution is 2.16. The predicted molar refractivity (Wildman–Crippen MR) is 121 cm³/mol. The minimum absolute atomic E-state index is 0.0694. The molecule has 7 heteroatoms. The van der Waals surface area contributed by atoms with E-state index in [1.54, 1.807) is 0 Å².